The highest BCUT2D eigenvalue weighted by molar-refractivity contribution is 6.17. The second kappa shape index (κ2) is 11.6. The van der Waals surface area contributed by atoms with Crippen LogP contribution in [0.25, 0.3) is 112 Å². The highest BCUT2D eigenvalue weighted by Gasteiger charge is 2.19. The van der Waals surface area contributed by atoms with Crippen molar-refractivity contribution in [1.29, 1.82) is 0 Å². The Morgan fingerprint density at radius 3 is 1.72 bits per heavy atom. The first-order valence-corrected chi connectivity index (χ1v) is 17.4. The summed E-state index contributed by atoms with van der Waals surface area (Å²) in [5.41, 5.74) is 10.4. The van der Waals surface area contributed by atoms with Crippen LogP contribution in [0.2, 0.25) is 0 Å². The van der Waals surface area contributed by atoms with Gasteiger partial charge < -0.3 is 13.3 Å². The third-order valence-electron chi connectivity index (χ3n) is 9.80. The number of oxazole rings is 1. The normalized spacial score (nSPS) is 11.8. The summed E-state index contributed by atoms with van der Waals surface area (Å²) < 4.78 is 18.8. The lowest BCUT2D eigenvalue weighted by molar-refractivity contribution is 0.622. The molecule has 0 aliphatic heterocycles. The van der Waals surface area contributed by atoms with E-state index in [9.17, 15) is 0 Å². The van der Waals surface area contributed by atoms with Crippen molar-refractivity contribution < 1.29 is 13.3 Å². The second-order valence-electron chi connectivity index (χ2n) is 13.0. The molecular weight excluding hydrogens is 657 g/mol. The van der Waals surface area contributed by atoms with Gasteiger partial charge in [0.15, 0.2) is 23.1 Å². The fraction of sp³-hybridized carbons (Fsp3) is 0. The summed E-state index contributed by atoms with van der Waals surface area (Å²) in [6.07, 6.45) is 0. The van der Waals surface area contributed by atoms with E-state index in [1.54, 1.807) is 0 Å². The van der Waals surface area contributed by atoms with Crippen LogP contribution < -0.4 is 0 Å². The van der Waals surface area contributed by atoms with Crippen molar-refractivity contribution in [3.63, 3.8) is 0 Å². The van der Waals surface area contributed by atoms with Gasteiger partial charge in [0.05, 0.1) is 5.39 Å². The Labute approximate surface area is 301 Å². The predicted molar refractivity (Wildman–Crippen MR) is 209 cm³/mol. The van der Waals surface area contributed by atoms with Gasteiger partial charge in [-0.15, -0.1) is 0 Å². The minimum absolute atomic E-state index is 0.584. The van der Waals surface area contributed by atoms with Crippen LogP contribution in [0.4, 0.5) is 0 Å². The van der Waals surface area contributed by atoms with Gasteiger partial charge in [0.1, 0.15) is 27.8 Å². The van der Waals surface area contributed by atoms with Crippen molar-refractivity contribution in [2.45, 2.75) is 0 Å². The summed E-state index contributed by atoms with van der Waals surface area (Å²) in [6, 6.07) is 52.5. The summed E-state index contributed by atoms with van der Waals surface area (Å²) in [4.78, 5) is 19.8. The first kappa shape index (κ1) is 29.4. The molecule has 7 nitrogen and oxygen atoms in total. The summed E-state index contributed by atoms with van der Waals surface area (Å²) in [7, 11) is 0. The number of rotatable bonds is 5. The Hall–Kier alpha value is -7.38. The molecule has 0 radical (unpaired) electrons. The third-order valence-corrected chi connectivity index (χ3v) is 9.80. The van der Waals surface area contributed by atoms with Gasteiger partial charge in [0, 0.05) is 38.4 Å². The zero-order valence-corrected chi connectivity index (χ0v) is 28.0. The fourth-order valence-corrected chi connectivity index (χ4v) is 7.25. The third kappa shape index (κ3) is 4.82. The number of benzene rings is 7. The van der Waals surface area contributed by atoms with Crippen LogP contribution in [0.5, 0.6) is 0 Å². The Kier molecular flexibility index (Phi) is 6.42. The summed E-state index contributed by atoms with van der Waals surface area (Å²) in [5, 5.41) is 3.89. The molecule has 53 heavy (non-hydrogen) atoms. The smallest absolute Gasteiger partial charge is 0.227 e. The molecule has 0 amide bonds. The molecule has 0 atom stereocenters. The molecule has 248 valence electrons. The number of nitrogens with zero attached hydrogens (tertiary/aromatic N) is 4. The van der Waals surface area contributed by atoms with E-state index < -0.39 is 0 Å². The largest absolute Gasteiger partial charge is 0.456 e. The quantitative estimate of drug-likeness (QED) is 0.178. The second-order valence-corrected chi connectivity index (χ2v) is 13.0. The van der Waals surface area contributed by atoms with Gasteiger partial charge in [0.2, 0.25) is 5.89 Å². The first-order chi connectivity index (χ1) is 26.2. The predicted octanol–water partition coefficient (Wildman–Crippen LogP) is 12.1. The molecule has 0 spiro atoms. The van der Waals surface area contributed by atoms with Crippen LogP contribution in [0, 0.1) is 0 Å². The topological polar surface area (TPSA) is 91.0 Å². The standard InChI is InChI=1S/C46H26N4O3/c1-3-10-28(11-4-1)43-48-44(50-45(49-43)33-15-9-17-38-40(33)32-14-7-8-16-36(32)51-38)29-20-18-27(19-21-29)31-22-24-37-34(26-31)41-39(52-37)25-23-35-42(41)53-46(47-35)30-12-5-2-6-13-30/h1-26H. The van der Waals surface area contributed by atoms with Crippen molar-refractivity contribution in [1.82, 2.24) is 19.9 Å². The molecule has 4 heterocycles. The molecule has 0 fully saturated rings. The van der Waals surface area contributed by atoms with E-state index in [1.165, 1.54) is 0 Å². The lowest BCUT2D eigenvalue weighted by Crippen LogP contribution is -2.00. The molecule has 0 aliphatic carbocycles. The number of hydrogen-bond donors (Lipinski definition) is 0. The van der Waals surface area contributed by atoms with Gasteiger partial charge >= 0.3 is 0 Å². The van der Waals surface area contributed by atoms with Crippen LogP contribution in [-0.4, -0.2) is 19.9 Å². The summed E-state index contributed by atoms with van der Waals surface area (Å²) >= 11 is 0. The molecule has 11 rings (SSSR count). The Morgan fingerprint density at radius 2 is 0.925 bits per heavy atom. The highest BCUT2D eigenvalue weighted by Crippen LogP contribution is 2.39. The van der Waals surface area contributed by atoms with Gasteiger partial charge in [-0.1, -0.05) is 109 Å². The van der Waals surface area contributed by atoms with E-state index in [0.717, 1.165) is 82.8 Å². The molecular formula is C46H26N4O3. The van der Waals surface area contributed by atoms with Crippen molar-refractivity contribution in [3.05, 3.63) is 158 Å². The number of fused-ring (bicyclic) bond motifs is 8. The van der Waals surface area contributed by atoms with E-state index >= 15 is 0 Å². The van der Waals surface area contributed by atoms with E-state index in [1.807, 2.05) is 115 Å². The van der Waals surface area contributed by atoms with E-state index in [4.69, 9.17) is 33.2 Å². The molecule has 7 aromatic carbocycles. The zero-order valence-electron chi connectivity index (χ0n) is 28.0. The molecule has 7 heteroatoms. The first-order valence-electron chi connectivity index (χ1n) is 17.4. The molecule has 0 saturated carbocycles. The SMILES string of the molecule is c1ccc(-c2nc(-c3ccc(-c4ccc5oc6ccc7nc(-c8ccccc8)oc7c6c5c4)cc3)nc(-c3cccc4oc5ccccc5c34)n2)cc1. The Morgan fingerprint density at radius 1 is 0.340 bits per heavy atom. The highest BCUT2D eigenvalue weighted by atomic mass is 16.4. The number of hydrogen-bond acceptors (Lipinski definition) is 7. The van der Waals surface area contributed by atoms with Crippen molar-refractivity contribution >= 4 is 55.0 Å². The summed E-state index contributed by atoms with van der Waals surface area (Å²) in [5.74, 6) is 2.36. The van der Waals surface area contributed by atoms with Gasteiger partial charge in [-0.2, -0.15) is 0 Å². The van der Waals surface area contributed by atoms with Gasteiger partial charge in [-0.25, -0.2) is 19.9 Å². The molecule has 4 aromatic heterocycles. The Balaban J connectivity index is 1.02. The maximum Gasteiger partial charge on any atom is 0.227 e. The molecule has 0 N–H and O–H groups in total. The van der Waals surface area contributed by atoms with Crippen LogP contribution in [-0.2, 0) is 0 Å². The molecule has 0 unspecified atom stereocenters. The van der Waals surface area contributed by atoms with Crippen LogP contribution in [0.15, 0.2) is 171 Å². The van der Waals surface area contributed by atoms with Crippen LogP contribution >= 0.6 is 0 Å². The lowest BCUT2D eigenvalue weighted by Gasteiger charge is -2.10. The van der Waals surface area contributed by atoms with Crippen molar-refractivity contribution in [3.8, 4) is 56.7 Å². The molecule has 11 aromatic rings. The van der Waals surface area contributed by atoms with Crippen molar-refractivity contribution in [2.24, 2.45) is 0 Å². The lowest BCUT2D eigenvalue weighted by atomic mass is 10.0. The van der Waals surface area contributed by atoms with Gasteiger partial charge in [-0.3, -0.25) is 0 Å². The van der Waals surface area contributed by atoms with Crippen LogP contribution in [0.1, 0.15) is 0 Å². The van der Waals surface area contributed by atoms with E-state index in [-0.39, 0.29) is 0 Å². The van der Waals surface area contributed by atoms with E-state index in [0.29, 0.717) is 28.9 Å². The minimum Gasteiger partial charge on any atom is -0.456 e. The fourth-order valence-electron chi connectivity index (χ4n) is 7.25. The molecule has 0 saturated heterocycles. The number of aromatic nitrogens is 4. The molecule has 0 aliphatic rings. The van der Waals surface area contributed by atoms with Gasteiger partial charge in [0.25, 0.3) is 0 Å². The maximum atomic E-state index is 6.37. The molecule has 0 bridgehead atoms. The van der Waals surface area contributed by atoms with E-state index in [2.05, 4.69) is 42.5 Å². The van der Waals surface area contributed by atoms with Gasteiger partial charge in [-0.05, 0) is 59.7 Å². The average molecular weight is 683 g/mol. The average Bonchev–Trinajstić information content (AvgIpc) is 3.94. The summed E-state index contributed by atoms with van der Waals surface area (Å²) in [6.45, 7) is 0. The maximum absolute atomic E-state index is 6.37. The zero-order chi connectivity index (χ0) is 34.9. The minimum atomic E-state index is 0.584. The number of para-hydroxylation sites is 1. The number of furan rings is 2. The monoisotopic (exact) mass is 682 g/mol. The van der Waals surface area contributed by atoms with Crippen molar-refractivity contribution in [2.75, 3.05) is 0 Å². The Bertz CT molecular complexity index is 3160. The van der Waals surface area contributed by atoms with Crippen LogP contribution in [0.3, 0.4) is 0 Å².